The van der Waals surface area contributed by atoms with Gasteiger partial charge in [-0.15, -0.1) is 0 Å². The Balaban J connectivity index is 1.70. The lowest BCUT2D eigenvalue weighted by atomic mass is 9.93. The molecule has 0 aliphatic heterocycles. The van der Waals surface area contributed by atoms with Crippen LogP contribution in [0.15, 0.2) is 72.8 Å². The molecule has 1 N–H and O–H groups in total. The minimum absolute atomic E-state index is 0.0451. The molecule has 0 saturated carbocycles. The van der Waals surface area contributed by atoms with Gasteiger partial charge in [-0.2, -0.15) is 0 Å². The number of carbonyl (C=O) groups excluding carboxylic acids is 1. The summed E-state index contributed by atoms with van der Waals surface area (Å²) in [6.45, 7) is 5.28. The number of benzene rings is 2. The predicted octanol–water partition coefficient (Wildman–Crippen LogP) is 5.42. The summed E-state index contributed by atoms with van der Waals surface area (Å²) in [6, 6.07) is 16.0. The molecule has 6 heteroatoms. The van der Waals surface area contributed by atoms with Crippen molar-refractivity contribution >= 4 is 11.9 Å². The summed E-state index contributed by atoms with van der Waals surface area (Å²) < 4.78 is 11.4. The summed E-state index contributed by atoms with van der Waals surface area (Å²) in [5.74, 6) is -0.999. The van der Waals surface area contributed by atoms with Crippen LogP contribution in [0.4, 0.5) is 0 Å². The number of allylic oxidation sites excluding steroid dienone is 2. The van der Waals surface area contributed by atoms with Crippen LogP contribution in [0.5, 0.6) is 0 Å². The van der Waals surface area contributed by atoms with Gasteiger partial charge in [-0.25, -0.2) is 4.79 Å². The maximum atomic E-state index is 13.5. The first-order valence-corrected chi connectivity index (χ1v) is 12.6. The van der Waals surface area contributed by atoms with Crippen molar-refractivity contribution < 1.29 is 24.2 Å². The summed E-state index contributed by atoms with van der Waals surface area (Å²) in [4.78, 5) is 26.6. The average molecular weight is 492 g/mol. The third-order valence-electron chi connectivity index (χ3n) is 6.30. The van der Waals surface area contributed by atoms with Crippen LogP contribution in [-0.4, -0.2) is 53.8 Å². The van der Waals surface area contributed by atoms with Gasteiger partial charge >= 0.3 is 5.97 Å². The second-order valence-electron chi connectivity index (χ2n) is 9.13. The first kappa shape index (κ1) is 27.4. The Bertz CT molecular complexity index is 1080. The van der Waals surface area contributed by atoms with E-state index in [1.807, 2.05) is 73.8 Å². The Hall–Kier alpha value is -3.22. The van der Waals surface area contributed by atoms with Gasteiger partial charge in [-0.1, -0.05) is 74.0 Å². The summed E-state index contributed by atoms with van der Waals surface area (Å²) in [6.07, 6.45) is 9.63. The van der Waals surface area contributed by atoms with Gasteiger partial charge in [-0.3, -0.25) is 4.79 Å². The van der Waals surface area contributed by atoms with Crippen LogP contribution in [0.2, 0.25) is 0 Å². The number of ether oxygens (including phenoxy) is 2. The second-order valence-corrected chi connectivity index (χ2v) is 9.13. The lowest BCUT2D eigenvalue weighted by Crippen LogP contribution is -2.48. The van der Waals surface area contributed by atoms with E-state index in [9.17, 15) is 14.7 Å². The molecular formula is C30H37NO5. The zero-order chi connectivity index (χ0) is 26.0. The van der Waals surface area contributed by atoms with Crippen molar-refractivity contribution in [1.82, 2.24) is 4.90 Å². The molecule has 1 aliphatic rings. The molecular weight excluding hydrogens is 454 g/mol. The monoisotopic (exact) mass is 491 g/mol. The van der Waals surface area contributed by atoms with Crippen LogP contribution in [0.3, 0.4) is 0 Å². The molecule has 2 aromatic rings. The molecule has 0 radical (unpaired) electrons. The molecule has 0 spiro atoms. The minimum atomic E-state index is -0.954. The van der Waals surface area contributed by atoms with E-state index < -0.39 is 17.7 Å². The summed E-state index contributed by atoms with van der Waals surface area (Å²) in [7, 11) is 1.82. The fourth-order valence-corrected chi connectivity index (χ4v) is 4.31. The normalized spacial score (nSPS) is 17.6. The molecule has 192 valence electrons. The molecule has 3 rings (SSSR count). The molecule has 2 aromatic carbocycles. The highest BCUT2D eigenvalue weighted by Gasteiger charge is 2.38. The molecule has 2 atom stereocenters. The molecule has 6 nitrogen and oxygen atoms in total. The molecule has 0 bridgehead atoms. The fourth-order valence-electron chi connectivity index (χ4n) is 4.31. The zero-order valence-corrected chi connectivity index (χ0v) is 21.5. The van der Waals surface area contributed by atoms with Gasteiger partial charge in [0.05, 0.1) is 0 Å². The molecule has 1 aliphatic carbocycles. The standard InChI is InChI=1S/C30H37NO5/c1-4-6-19-36-30(17-8-7-9-18-30)29(34)31(3)22-24-11-10-12-26(20-24)25-15-13-23(14-16-25)21-27(28(32)33)35-5-2/h7-17,20,27H,4-6,18-19,21-22H2,1-3H3,(H,32,33)/t27-,30?/m0/s1. The number of unbranched alkanes of at least 4 members (excludes halogenated alkanes) is 1. The van der Waals surface area contributed by atoms with Gasteiger partial charge in [0, 0.05) is 39.6 Å². The first-order valence-electron chi connectivity index (χ1n) is 12.6. The molecule has 36 heavy (non-hydrogen) atoms. The highest BCUT2D eigenvalue weighted by atomic mass is 16.5. The molecule has 1 unspecified atom stereocenters. The van der Waals surface area contributed by atoms with E-state index in [0.717, 1.165) is 35.1 Å². The second kappa shape index (κ2) is 13.2. The lowest BCUT2D eigenvalue weighted by Gasteiger charge is -2.34. The van der Waals surface area contributed by atoms with E-state index in [4.69, 9.17) is 9.47 Å². The predicted molar refractivity (Wildman–Crippen MR) is 142 cm³/mol. The SMILES string of the molecule is CCCCOC1(C(=O)N(C)Cc2cccc(-c3ccc(C[C@H](OCC)C(=O)O)cc3)c2)C=CC=CC1. The molecule has 0 saturated heterocycles. The highest BCUT2D eigenvalue weighted by molar-refractivity contribution is 5.88. The molecule has 1 amide bonds. The van der Waals surface area contributed by atoms with Crippen molar-refractivity contribution in [3.8, 4) is 11.1 Å². The first-order chi connectivity index (χ1) is 17.4. The van der Waals surface area contributed by atoms with Gasteiger partial charge in [0.1, 0.15) is 0 Å². The van der Waals surface area contributed by atoms with Crippen molar-refractivity contribution in [2.24, 2.45) is 0 Å². The van der Waals surface area contributed by atoms with E-state index in [2.05, 4.69) is 13.0 Å². The fraction of sp³-hybridized carbons (Fsp3) is 0.400. The van der Waals surface area contributed by atoms with Crippen LogP contribution < -0.4 is 0 Å². The third-order valence-corrected chi connectivity index (χ3v) is 6.30. The molecule has 0 fully saturated rings. The van der Waals surface area contributed by atoms with E-state index in [0.29, 0.717) is 32.6 Å². The number of rotatable bonds is 13. The van der Waals surface area contributed by atoms with Crippen LogP contribution in [0.25, 0.3) is 11.1 Å². The quantitative estimate of drug-likeness (QED) is 0.379. The number of hydrogen-bond donors (Lipinski definition) is 1. The topological polar surface area (TPSA) is 76.1 Å². The van der Waals surface area contributed by atoms with Gasteiger partial charge in [0.15, 0.2) is 11.7 Å². The minimum Gasteiger partial charge on any atom is -0.479 e. The number of hydrogen-bond acceptors (Lipinski definition) is 4. The number of likely N-dealkylation sites (N-methyl/N-ethyl adjacent to an activating group) is 1. The number of aliphatic carboxylic acids is 1. The Morgan fingerprint density at radius 3 is 2.47 bits per heavy atom. The van der Waals surface area contributed by atoms with Gasteiger partial charge < -0.3 is 19.5 Å². The van der Waals surface area contributed by atoms with Crippen molar-refractivity contribution in [3.05, 3.63) is 84.0 Å². The van der Waals surface area contributed by atoms with Crippen molar-refractivity contribution in [2.75, 3.05) is 20.3 Å². The number of carbonyl (C=O) groups is 2. The van der Waals surface area contributed by atoms with Gasteiger partial charge in [0.25, 0.3) is 5.91 Å². The third kappa shape index (κ3) is 7.15. The number of carboxylic acid groups (broad SMARTS) is 1. The van der Waals surface area contributed by atoms with Crippen LogP contribution in [-0.2, 0) is 32.0 Å². The van der Waals surface area contributed by atoms with Crippen LogP contribution in [0, 0.1) is 0 Å². The van der Waals surface area contributed by atoms with Gasteiger partial charge in [-0.05, 0) is 47.7 Å². The average Bonchev–Trinajstić information content (AvgIpc) is 2.89. The largest absolute Gasteiger partial charge is 0.479 e. The number of amides is 1. The molecule has 0 heterocycles. The maximum absolute atomic E-state index is 13.5. The smallest absolute Gasteiger partial charge is 0.333 e. The van der Waals surface area contributed by atoms with Gasteiger partial charge in [0.2, 0.25) is 0 Å². The van der Waals surface area contributed by atoms with E-state index in [1.54, 1.807) is 11.8 Å². The van der Waals surface area contributed by atoms with Crippen LogP contribution in [0.1, 0.15) is 44.2 Å². The van der Waals surface area contributed by atoms with E-state index in [1.165, 1.54) is 0 Å². The Labute approximate surface area is 214 Å². The van der Waals surface area contributed by atoms with Crippen molar-refractivity contribution in [3.63, 3.8) is 0 Å². The summed E-state index contributed by atoms with van der Waals surface area (Å²) in [5, 5.41) is 9.33. The zero-order valence-electron chi connectivity index (χ0n) is 21.5. The van der Waals surface area contributed by atoms with Crippen molar-refractivity contribution in [2.45, 2.75) is 57.8 Å². The van der Waals surface area contributed by atoms with Crippen molar-refractivity contribution in [1.29, 1.82) is 0 Å². The van der Waals surface area contributed by atoms with Crippen LogP contribution >= 0.6 is 0 Å². The highest BCUT2D eigenvalue weighted by Crippen LogP contribution is 2.27. The maximum Gasteiger partial charge on any atom is 0.333 e. The Morgan fingerprint density at radius 2 is 1.83 bits per heavy atom. The Morgan fingerprint density at radius 1 is 1.06 bits per heavy atom. The van der Waals surface area contributed by atoms with E-state index in [-0.39, 0.29) is 5.91 Å². The summed E-state index contributed by atoms with van der Waals surface area (Å²) >= 11 is 0. The lowest BCUT2D eigenvalue weighted by molar-refractivity contribution is -0.151. The number of carboxylic acids is 1. The van der Waals surface area contributed by atoms with E-state index >= 15 is 0 Å². The Kier molecular flexibility index (Phi) is 10.0. The number of nitrogens with zero attached hydrogens (tertiary/aromatic N) is 1. The molecule has 0 aromatic heterocycles. The summed E-state index contributed by atoms with van der Waals surface area (Å²) in [5.41, 5.74) is 3.05.